The van der Waals surface area contributed by atoms with Crippen LogP contribution in [0.1, 0.15) is 42.1 Å². The highest BCUT2D eigenvalue weighted by Gasteiger charge is 2.22. The first kappa shape index (κ1) is 20.3. The first-order valence-corrected chi connectivity index (χ1v) is 8.86. The SMILES string of the molecule is CC[C@H](CNC(=O)[C@H](C)OC(=O)c1ccc(OC)cc1O)c1ccccc1. The van der Waals surface area contributed by atoms with E-state index >= 15 is 0 Å². The fourth-order valence-electron chi connectivity index (χ4n) is 2.68. The summed E-state index contributed by atoms with van der Waals surface area (Å²) in [7, 11) is 1.46. The van der Waals surface area contributed by atoms with Gasteiger partial charge in [0, 0.05) is 18.5 Å². The van der Waals surface area contributed by atoms with Gasteiger partial charge in [0.2, 0.25) is 0 Å². The molecule has 1 amide bonds. The summed E-state index contributed by atoms with van der Waals surface area (Å²) in [4.78, 5) is 24.5. The highest BCUT2D eigenvalue weighted by molar-refractivity contribution is 5.94. The average molecular weight is 371 g/mol. The molecule has 2 rings (SSSR count). The van der Waals surface area contributed by atoms with Crippen LogP contribution < -0.4 is 10.1 Å². The predicted octanol–water partition coefficient (Wildman–Crippen LogP) is 3.26. The second-order valence-electron chi connectivity index (χ2n) is 6.19. The maximum absolute atomic E-state index is 12.3. The van der Waals surface area contributed by atoms with Crippen molar-refractivity contribution in [3.63, 3.8) is 0 Å². The van der Waals surface area contributed by atoms with E-state index in [9.17, 15) is 14.7 Å². The minimum Gasteiger partial charge on any atom is -0.507 e. The number of aromatic hydroxyl groups is 1. The highest BCUT2D eigenvalue weighted by Crippen LogP contribution is 2.24. The molecule has 144 valence electrons. The van der Waals surface area contributed by atoms with Gasteiger partial charge in [-0.1, -0.05) is 37.3 Å². The quantitative estimate of drug-likeness (QED) is 0.696. The molecule has 6 heteroatoms. The number of rotatable bonds is 8. The highest BCUT2D eigenvalue weighted by atomic mass is 16.5. The predicted molar refractivity (Wildman–Crippen MR) is 102 cm³/mol. The Kier molecular flexibility index (Phi) is 7.23. The summed E-state index contributed by atoms with van der Waals surface area (Å²) in [6.07, 6.45) is -0.106. The molecule has 2 N–H and O–H groups in total. The summed E-state index contributed by atoms with van der Waals surface area (Å²) in [6, 6.07) is 14.2. The molecule has 2 aromatic rings. The van der Waals surface area contributed by atoms with Crippen LogP contribution in [0.3, 0.4) is 0 Å². The maximum atomic E-state index is 12.3. The van der Waals surface area contributed by atoms with E-state index in [1.54, 1.807) is 0 Å². The zero-order valence-electron chi connectivity index (χ0n) is 15.8. The lowest BCUT2D eigenvalue weighted by Crippen LogP contribution is -2.38. The minimum absolute atomic E-state index is 0.0221. The number of amides is 1. The first-order chi connectivity index (χ1) is 13.0. The van der Waals surface area contributed by atoms with Crippen molar-refractivity contribution in [3.8, 4) is 11.5 Å². The van der Waals surface area contributed by atoms with Crippen molar-refractivity contribution in [1.29, 1.82) is 0 Å². The van der Waals surface area contributed by atoms with Gasteiger partial charge in [-0.3, -0.25) is 4.79 Å². The molecule has 0 saturated carbocycles. The van der Waals surface area contributed by atoms with E-state index < -0.39 is 12.1 Å². The molecule has 0 aliphatic rings. The van der Waals surface area contributed by atoms with Gasteiger partial charge in [-0.2, -0.15) is 0 Å². The normalized spacial score (nSPS) is 12.7. The van der Waals surface area contributed by atoms with E-state index in [-0.39, 0.29) is 23.1 Å². The van der Waals surface area contributed by atoms with Crippen molar-refractivity contribution < 1.29 is 24.2 Å². The topological polar surface area (TPSA) is 84.9 Å². The smallest absolute Gasteiger partial charge is 0.342 e. The van der Waals surface area contributed by atoms with Crippen molar-refractivity contribution in [1.82, 2.24) is 5.32 Å². The van der Waals surface area contributed by atoms with E-state index in [4.69, 9.17) is 9.47 Å². The van der Waals surface area contributed by atoms with Crippen molar-refractivity contribution >= 4 is 11.9 Å². The zero-order valence-corrected chi connectivity index (χ0v) is 15.8. The maximum Gasteiger partial charge on any atom is 0.342 e. The molecular formula is C21H25NO5. The summed E-state index contributed by atoms with van der Waals surface area (Å²) in [6.45, 7) is 4.01. The number of phenolic OH excluding ortho intramolecular Hbond substituents is 1. The number of benzene rings is 2. The molecule has 0 heterocycles. The van der Waals surface area contributed by atoms with E-state index in [0.29, 0.717) is 12.3 Å². The monoisotopic (exact) mass is 371 g/mol. The molecule has 0 saturated heterocycles. The molecule has 0 radical (unpaired) electrons. The number of carbonyl (C=O) groups excluding carboxylic acids is 2. The molecule has 0 unspecified atom stereocenters. The molecular weight excluding hydrogens is 346 g/mol. The largest absolute Gasteiger partial charge is 0.507 e. The van der Waals surface area contributed by atoms with Gasteiger partial charge in [-0.05, 0) is 31.0 Å². The van der Waals surface area contributed by atoms with Crippen LogP contribution in [0.15, 0.2) is 48.5 Å². The fraction of sp³-hybridized carbons (Fsp3) is 0.333. The number of phenols is 1. The third kappa shape index (κ3) is 5.48. The van der Waals surface area contributed by atoms with Crippen LogP contribution in [0.5, 0.6) is 11.5 Å². The summed E-state index contributed by atoms with van der Waals surface area (Å²) in [5, 5.41) is 12.7. The molecule has 0 aliphatic heterocycles. The molecule has 27 heavy (non-hydrogen) atoms. The Bertz CT molecular complexity index is 775. The van der Waals surface area contributed by atoms with E-state index in [1.807, 2.05) is 30.3 Å². The lowest BCUT2D eigenvalue weighted by atomic mass is 9.96. The van der Waals surface area contributed by atoms with Gasteiger partial charge < -0.3 is 19.9 Å². The zero-order chi connectivity index (χ0) is 19.8. The molecule has 0 aliphatic carbocycles. The lowest BCUT2D eigenvalue weighted by Gasteiger charge is -2.18. The minimum atomic E-state index is -0.979. The van der Waals surface area contributed by atoms with Gasteiger partial charge in [0.1, 0.15) is 17.1 Å². The number of hydrogen-bond donors (Lipinski definition) is 2. The molecule has 6 nitrogen and oxygen atoms in total. The van der Waals surface area contributed by atoms with Crippen molar-refractivity contribution in [2.75, 3.05) is 13.7 Å². The van der Waals surface area contributed by atoms with Crippen LogP contribution in [-0.2, 0) is 9.53 Å². The van der Waals surface area contributed by atoms with E-state index in [2.05, 4.69) is 12.2 Å². The lowest BCUT2D eigenvalue weighted by molar-refractivity contribution is -0.129. The van der Waals surface area contributed by atoms with Crippen molar-refractivity contribution in [2.45, 2.75) is 32.3 Å². The second-order valence-corrected chi connectivity index (χ2v) is 6.19. The van der Waals surface area contributed by atoms with Crippen LogP contribution in [0.4, 0.5) is 0 Å². The molecule has 2 atom stereocenters. The Morgan fingerprint density at radius 1 is 1.15 bits per heavy atom. The summed E-state index contributed by atoms with van der Waals surface area (Å²) < 4.78 is 10.1. The van der Waals surface area contributed by atoms with Gasteiger partial charge >= 0.3 is 5.97 Å². The molecule has 0 spiro atoms. The number of hydrogen-bond acceptors (Lipinski definition) is 5. The van der Waals surface area contributed by atoms with Crippen LogP contribution in [-0.4, -0.2) is 36.7 Å². The summed E-state index contributed by atoms with van der Waals surface area (Å²) in [5.74, 6) is -0.814. The average Bonchev–Trinajstić information content (AvgIpc) is 2.68. The Morgan fingerprint density at radius 2 is 1.85 bits per heavy atom. The molecule has 2 aromatic carbocycles. The number of nitrogens with one attached hydrogen (secondary N) is 1. The number of ether oxygens (including phenoxy) is 2. The Hall–Kier alpha value is -3.02. The fourth-order valence-corrected chi connectivity index (χ4v) is 2.68. The van der Waals surface area contributed by atoms with Gasteiger partial charge in [-0.15, -0.1) is 0 Å². The Morgan fingerprint density at radius 3 is 2.44 bits per heavy atom. The molecule has 0 aromatic heterocycles. The standard InChI is InChI=1S/C21H25NO5/c1-4-15(16-8-6-5-7-9-16)13-22-20(24)14(2)27-21(25)18-11-10-17(26-3)12-19(18)23/h5-12,14-15,23H,4,13H2,1-3H3,(H,22,24)/t14-,15+/m0/s1. The number of esters is 1. The van der Waals surface area contributed by atoms with Crippen LogP contribution in [0.2, 0.25) is 0 Å². The third-order valence-corrected chi connectivity index (χ3v) is 4.36. The number of methoxy groups -OCH3 is 1. The summed E-state index contributed by atoms with van der Waals surface area (Å²) in [5.41, 5.74) is 1.12. The van der Waals surface area contributed by atoms with Gasteiger partial charge in [0.05, 0.1) is 7.11 Å². The van der Waals surface area contributed by atoms with E-state index in [1.165, 1.54) is 32.2 Å². The first-order valence-electron chi connectivity index (χ1n) is 8.86. The van der Waals surface area contributed by atoms with Crippen molar-refractivity contribution in [2.24, 2.45) is 0 Å². The molecule has 0 bridgehead atoms. The van der Waals surface area contributed by atoms with Gasteiger partial charge in [0.15, 0.2) is 6.10 Å². The Labute approximate surface area is 159 Å². The summed E-state index contributed by atoms with van der Waals surface area (Å²) >= 11 is 0. The van der Waals surface area contributed by atoms with Crippen molar-refractivity contribution in [3.05, 3.63) is 59.7 Å². The Balaban J connectivity index is 1.92. The van der Waals surface area contributed by atoms with Crippen LogP contribution >= 0.6 is 0 Å². The van der Waals surface area contributed by atoms with Crippen LogP contribution in [0, 0.1) is 0 Å². The van der Waals surface area contributed by atoms with Crippen LogP contribution in [0.25, 0.3) is 0 Å². The number of carbonyl (C=O) groups is 2. The molecule has 0 fully saturated rings. The van der Waals surface area contributed by atoms with Gasteiger partial charge in [0.25, 0.3) is 5.91 Å². The van der Waals surface area contributed by atoms with Gasteiger partial charge in [-0.25, -0.2) is 4.79 Å². The third-order valence-electron chi connectivity index (χ3n) is 4.36. The van der Waals surface area contributed by atoms with E-state index in [0.717, 1.165) is 12.0 Å². The second kappa shape index (κ2) is 9.62.